The molecule has 0 N–H and O–H groups in total. The Balaban J connectivity index is 3.22. The topological polar surface area (TPSA) is 0 Å². The molecule has 0 saturated carbocycles. The molecule has 0 aromatic rings. The summed E-state index contributed by atoms with van der Waals surface area (Å²) in [6.45, 7) is 8.93. The van der Waals surface area contributed by atoms with Gasteiger partial charge in [-0.05, 0) is 5.92 Å². The zero-order valence-electron chi connectivity index (χ0n) is 39.3. The fourth-order valence-corrected chi connectivity index (χ4v) is 9.22. The third kappa shape index (κ3) is 50.1. The van der Waals surface area contributed by atoms with Crippen LogP contribution >= 0.6 is 0 Å². The third-order valence-corrected chi connectivity index (χ3v) is 13.3. The first-order valence-electron chi connectivity index (χ1n) is 27.1. The van der Waals surface area contributed by atoms with E-state index in [1.54, 1.807) is 0 Å². The van der Waals surface area contributed by atoms with Gasteiger partial charge in [-0.25, -0.2) is 0 Å². The zero-order chi connectivity index (χ0) is 39.6. The van der Waals surface area contributed by atoms with Gasteiger partial charge in [0.1, 0.15) is 0 Å². The van der Waals surface area contributed by atoms with Gasteiger partial charge in [0, 0.05) is 0 Å². The lowest BCUT2D eigenvalue weighted by molar-refractivity contribution is 0.404. The first kappa shape index (κ1) is 55.0. The van der Waals surface area contributed by atoms with Crippen molar-refractivity contribution >= 4 is 0 Å². The average molecular weight is 772 g/mol. The monoisotopic (exact) mass is 772 g/mol. The van der Waals surface area contributed by atoms with E-state index in [1.165, 1.54) is 327 Å². The highest BCUT2D eigenvalue weighted by atomic mass is 14.1. The molecule has 1 radical (unpaired) electrons. The van der Waals surface area contributed by atoms with Crippen LogP contribution in [0.1, 0.15) is 341 Å². The first-order chi connectivity index (χ1) is 27.3. The van der Waals surface area contributed by atoms with Crippen LogP contribution < -0.4 is 0 Å². The first-order valence-corrected chi connectivity index (χ1v) is 27.1. The van der Waals surface area contributed by atoms with E-state index in [2.05, 4.69) is 20.8 Å². The van der Waals surface area contributed by atoms with Gasteiger partial charge in [0.05, 0.1) is 0 Å². The summed E-state index contributed by atoms with van der Waals surface area (Å²) in [6, 6.07) is 0. The van der Waals surface area contributed by atoms with Crippen molar-refractivity contribution < 1.29 is 0 Å². The Labute approximate surface area is 352 Å². The second-order valence-electron chi connectivity index (χ2n) is 19.0. The summed E-state index contributed by atoms with van der Waals surface area (Å²) in [6.07, 6.45) is 75.0. The summed E-state index contributed by atoms with van der Waals surface area (Å²) < 4.78 is 0. The molecule has 0 rings (SSSR count). The maximum absolute atomic E-state index is 4.31. The molecule has 0 aliphatic carbocycles. The highest BCUT2D eigenvalue weighted by molar-refractivity contribution is 4.62. The van der Waals surface area contributed by atoms with E-state index >= 15 is 0 Å². The predicted octanol–water partition coefficient (Wildman–Crippen LogP) is 21.4. The summed E-state index contributed by atoms with van der Waals surface area (Å²) in [5.41, 5.74) is 0. The molecule has 0 aromatic heterocycles. The van der Waals surface area contributed by atoms with Crippen LogP contribution in [0.5, 0.6) is 0 Å². The van der Waals surface area contributed by atoms with Gasteiger partial charge in [-0.3, -0.25) is 0 Å². The van der Waals surface area contributed by atoms with Crippen molar-refractivity contribution in [3.8, 4) is 0 Å². The van der Waals surface area contributed by atoms with Crippen LogP contribution in [0.25, 0.3) is 0 Å². The van der Waals surface area contributed by atoms with Gasteiger partial charge in [0.15, 0.2) is 0 Å². The van der Waals surface area contributed by atoms with E-state index in [1.807, 2.05) is 0 Å². The molecule has 0 aliphatic rings. The maximum Gasteiger partial charge on any atom is -0.0414 e. The van der Waals surface area contributed by atoms with E-state index in [0.29, 0.717) is 0 Å². The summed E-state index contributed by atoms with van der Waals surface area (Å²) in [4.78, 5) is 0. The minimum atomic E-state index is 0.902. The quantitative estimate of drug-likeness (QED) is 0.0540. The maximum atomic E-state index is 4.31. The Kier molecular flexibility index (Phi) is 52.0. The molecular weight excluding hydrogens is 661 g/mol. The lowest BCUT2D eigenvalue weighted by Crippen LogP contribution is -1.99. The van der Waals surface area contributed by atoms with Gasteiger partial charge in [0.25, 0.3) is 0 Å². The van der Waals surface area contributed by atoms with Crippen molar-refractivity contribution in [1.82, 2.24) is 0 Å². The lowest BCUT2D eigenvalue weighted by atomic mass is 9.92. The molecule has 0 bridgehead atoms. The minimum absolute atomic E-state index is 0.902. The van der Waals surface area contributed by atoms with Crippen LogP contribution in [0.4, 0.5) is 0 Å². The van der Waals surface area contributed by atoms with E-state index in [9.17, 15) is 0 Å². The smallest absolute Gasteiger partial charge is 0.0414 e. The number of hydrogen-bond acceptors (Lipinski definition) is 0. The van der Waals surface area contributed by atoms with E-state index in [4.69, 9.17) is 0 Å². The SMILES string of the molecule is [CH2]CC(CCCCCCCCCCCCCCCCCCCCCCCCC)CCCCCCCCCCCCCCCCCCCCCCCCCCC. The number of rotatable bonds is 51. The normalized spacial score (nSPS) is 12.3. The van der Waals surface area contributed by atoms with Crippen molar-refractivity contribution in [3.05, 3.63) is 6.92 Å². The molecule has 0 saturated heterocycles. The second kappa shape index (κ2) is 52.0. The zero-order valence-corrected chi connectivity index (χ0v) is 39.3. The molecule has 0 amide bonds. The second-order valence-corrected chi connectivity index (χ2v) is 19.0. The molecule has 0 aromatic carbocycles. The molecule has 55 heavy (non-hydrogen) atoms. The van der Waals surface area contributed by atoms with Gasteiger partial charge in [0.2, 0.25) is 0 Å². The number of unbranched alkanes of at least 4 members (excludes halogenated alkanes) is 46. The van der Waals surface area contributed by atoms with Crippen LogP contribution in [0.2, 0.25) is 0 Å². The fraction of sp³-hybridized carbons (Fsp3) is 0.982. The molecule has 0 spiro atoms. The highest BCUT2D eigenvalue weighted by Gasteiger charge is 2.06. The van der Waals surface area contributed by atoms with Gasteiger partial charge in [-0.1, -0.05) is 348 Å². The van der Waals surface area contributed by atoms with Crippen LogP contribution in [-0.4, -0.2) is 0 Å². The van der Waals surface area contributed by atoms with E-state index in [0.717, 1.165) is 5.92 Å². The van der Waals surface area contributed by atoms with E-state index < -0.39 is 0 Å². The fourth-order valence-electron chi connectivity index (χ4n) is 9.22. The Morgan fingerprint density at radius 1 is 0.200 bits per heavy atom. The minimum Gasteiger partial charge on any atom is -0.0654 e. The Hall–Kier alpha value is 0. The molecule has 1 atom stereocenters. The van der Waals surface area contributed by atoms with Crippen LogP contribution in [0, 0.1) is 12.8 Å². The standard InChI is InChI=1S/C55H111/c1-4-7-9-11-13-15-17-19-21-23-25-27-29-30-32-34-36-38-40-42-44-46-48-50-52-54-55(6-3)53-51-49-47-45-43-41-39-37-35-33-31-28-26-24-22-20-18-16-14-12-10-8-5-2/h55H,3-54H2,1-2H3. The summed E-state index contributed by atoms with van der Waals surface area (Å²) in [7, 11) is 0. The van der Waals surface area contributed by atoms with Crippen molar-refractivity contribution in [1.29, 1.82) is 0 Å². The molecule has 0 fully saturated rings. The molecule has 331 valence electrons. The predicted molar refractivity (Wildman–Crippen MR) is 256 cm³/mol. The number of hydrogen-bond donors (Lipinski definition) is 0. The molecule has 0 nitrogen and oxygen atoms in total. The van der Waals surface area contributed by atoms with Crippen molar-refractivity contribution in [2.45, 2.75) is 341 Å². The van der Waals surface area contributed by atoms with Gasteiger partial charge < -0.3 is 0 Å². The Morgan fingerprint density at radius 2 is 0.327 bits per heavy atom. The van der Waals surface area contributed by atoms with Gasteiger partial charge >= 0.3 is 0 Å². The summed E-state index contributed by atoms with van der Waals surface area (Å²) in [5, 5.41) is 0. The Morgan fingerprint density at radius 3 is 0.455 bits per heavy atom. The molecule has 0 heteroatoms. The van der Waals surface area contributed by atoms with Crippen molar-refractivity contribution in [2.75, 3.05) is 0 Å². The average Bonchev–Trinajstić information content (AvgIpc) is 3.20. The largest absolute Gasteiger partial charge is 0.0654 e. The summed E-state index contributed by atoms with van der Waals surface area (Å²) >= 11 is 0. The van der Waals surface area contributed by atoms with Crippen molar-refractivity contribution in [3.63, 3.8) is 0 Å². The van der Waals surface area contributed by atoms with Gasteiger partial charge in [-0.2, -0.15) is 0 Å². The molecular formula is C55H111. The van der Waals surface area contributed by atoms with Gasteiger partial charge in [-0.15, -0.1) is 0 Å². The summed E-state index contributed by atoms with van der Waals surface area (Å²) in [5.74, 6) is 0.902. The van der Waals surface area contributed by atoms with Crippen LogP contribution in [0.15, 0.2) is 0 Å². The van der Waals surface area contributed by atoms with Crippen LogP contribution in [-0.2, 0) is 0 Å². The van der Waals surface area contributed by atoms with E-state index in [-0.39, 0.29) is 0 Å². The molecule has 1 unspecified atom stereocenters. The highest BCUT2D eigenvalue weighted by Crippen LogP contribution is 2.23. The van der Waals surface area contributed by atoms with Crippen LogP contribution in [0.3, 0.4) is 0 Å². The third-order valence-electron chi connectivity index (χ3n) is 13.3. The molecule has 0 heterocycles. The molecule has 0 aliphatic heterocycles. The Bertz CT molecular complexity index is 622. The lowest BCUT2D eigenvalue weighted by Gasteiger charge is -2.14. The van der Waals surface area contributed by atoms with Crippen molar-refractivity contribution in [2.24, 2.45) is 5.92 Å².